The Labute approximate surface area is 122 Å². The van der Waals surface area contributed by atoms with Gasteiger partial charge in [0.15, 0.2) is 18.6 Å². The molecule has 2 heterocycles. The van der Waals surface area contributed by atoms with Gasteiger partial charge in [0.2, 0.25) is 0 Å². The van der Waals surface area contributed by atoms with Crippen molar-refractivity contribution in [3.8, 4) is 11.4 Å². The maximum absolute atomic E-state index is 11.1. The largest absolute Gasteiger partial charge is 0.469 e. The lowest BCUT2D eigenvalue weighted by molar-refractivity contribution is -0.752. The van der Waals surface area contributed by atoms with E-state index in [4.69, 9.17) is 0 Å². The molecule has 0 N–H and O–H groups in total. The number of methoxy groups -OCH3 is 1. The molecule has 2 aromatic heterocycles. The molecule has 108 valence electrons. The van der Waals surface area contributed by atoms with Crippen LogP contribution in [0.25, 0.3) is 11.4 Å². The number of hydrogen-bond acceptors (Lipinski definition) is 5. The molecule has 1 fully saturated rings. The average Bonchev–Trinajstić information content (AvgIpc) is 3.38. The molecule has 0 aromatic carbocycles. The lowest BCUT2D eigenvalue weighted by atomic mass is 10.2. The first kappa shape index (κ1) is 13.6. The molecule has 0 aliphatic heterocycles. The van der Waals surface area contributed by atoms with Crippen LogP contribution in [0.2, 0.25) is 0 Å². The zero-order valence-electron chi connectivity index (χ0n) is 11.9. The van der Waals surface area contributed by atoms with E-state index in [1.807, 2.05) is 24.7 Å². The number of ether oxygens (including phenoxy) is 1. The Hall–Kier alpha value is -2.37. The summed E-state index contributed by atoms with van der Waals surface area (Å²) in [6.07, 6.45) is 10.1. The van der Waals surface area contributed by atoms with Crippen LogP contribution in [0.3, 0.4) is 0 Å². The van der Waals surface area contributed by atoms with Gasteiger partial charge in [-0.25, -0.2) is 9.97 Å². The number of rotatable bonds is 5. The SMILES string of the molecule is COC(=O)CC[n+]1ccc(-c2ncc(C3CC3)cn2)cn1. The van der Waals surface area contributed by atoms with Crippen LogP contribution in [0.1, 0.15) is 30.7 Å². The lowest BCUT2D eigenvalue weighted by Crippen LogP contribution is -2.38. The summed E-state index contributed by atoms with van der Waals surface area (Å²) in [5, 5.41) is 4.26. The Morgan fingerprint density at radius 3 is 2.67 bits per heavy atom. The minimum absolute atomic E-state index is 0.243. The van der Waals surface area contributed by atoms with Gasteiger partial charge < -0.3 is 4.74 Å². The summed E-state index contributed by atoms with van der Waals surface area (Å²) < 4.78 is 6.29. The molecule has 3 rings (SSSR count). The smallest absolute Gasteiger partial charge is 0.312 e. The molecular weight excluding hydrogens is 268 g/mol. The maximum Gasteiger partial charge on any atom is 0.312 e. The standard InChI is InChI=1S/C15H17N4O2/c1-21-14(20)5-7-19-6-4-12(10-18-19)15-16-8-13(9-17-15)11-2-3-11/h4,6,8-11H,2-3,5,7H2,1H3/q+1. The summed E-state index contributed by atoms with van der Waals surface area (Å²) in [5.74, 6) is 1.09. The molecule has 0 amide bonds. The molecule has 1 saturated carbocycles. The molecule has 21 heavy (non-hydrogen) atoms. The number of nitrogens with zero attached hydrogens (tertiary/aromatic N) is 4. The van der Waals surface area contributed by atoms with Gasteiger partial charge in [-0.05, 0) is 29.4 Å². The van der Waals surface area contributed by atoms with E-state index in [9.17, 15) is 4.79 Å². The highest BCUT2D eigenvalue weighted by atomic mass is 16.5. The second-order valence-corrected chi connectivity index (χ2v) is 5.12. The number of carbonyl (C=O) groups is 1. The number of carbonyl (C=O) groups excluding carboxylic acids is 1. The van der Waals surface area contributed by atoms with E-state index in [1.165, 1.54) is 25.5 Å². The van der Waals surface area contributed by atoms with E-state index in [2.05, 4.69) is 19.8 Å². The maximum atomic E-state index is 11.1. The average molecular weight is 285 g/mol. The van der Waals surface area contributed by atoms with Gasteiger partial charge in [-0.3, -0.25) is 4.79 Å². The minimum Gasteiger partial charge on any atom is -0.469 e. The summed E-state index contributed by atoms with van der Waals surface area (Å²) in [6, 6.07) is 1.90. The van der Waals surface area contributed by atoms with E-state index >= 15 is 0 Å². The molecule has 1 aliphatic rings. The number of esters is 1. The van der Waals surface area contributed by atoms with Crippen molar-refractivity contribution in [2.75, 3.05) is 7.11 Å². The zero-order valence-corrected chi connectivity index (χ0v) is 11.9. The van der Waals surface area contributed by atoms with Crippen molar-refractivity contribution in [2.24, 2.45) is 0 Å². The molecule has 0 bridgehead atoms. The minimum atomic E-state index is -0.243. The predicted molar refractivity (Wildman–Crippen MR) is 74.1 cm³/mol. The Morgan fingerprint density at radius 1 is 1.33 bits per heavy atom. The fourth-order valence-electron chi connectivity index (χ4n) is 2.07. The van der Waals surface area contributed by atoms with Gasteiger partial charge >= 0.3 is 5.97 Å². The molecule has 0 unspecified atom stereocenters. The van der Waals surface area contributed by atoms with Gasteiger partial charge in [0.25, 0.3) is 0 Å². The molecule has 6 nitrogen and oxygen atoms in total. The normalized spacial score (nSPS) is 14.0. The third kappa shape index (κ3) is 3.39. The van der Waals surface area contributed by atoms with E-state index in [1.54, 1.807) is 10.9 Å². The highest BCUT2D eigenvalue weighted by Crippen LogP contribution is 2.39. The van der Waals surface area contributed by atoms with E-state index in [0.29, 0.717) is 24.7 Å². The summed E-state index contributed by atoms with van der Waals surface area (Å²) in [6.45, 7) is 0.494. The van der Waals surface area contributed by atoms with Crippen LogP contribution < -0.4 is 4.68 Å². The lowest BCUT2D eigenvalue weighted by Gasteiger charge is -2.00. The molecular formula is C15H17N4O2+. The molecule has 1 aliphatic carbocycles. The molecule has 2 aromatic rings. The van der Waals surface area contributed by atoms with Crippen LogP contribution in [-0.4, -0.2) is 28.1 Å². The van der Waals surface area contributed by atoms with Crippen molar-refractivity contribution in [1.82, 2.24) is 15.1 Å². The molecule has 0 atom stereocenters. The molecule has 0 radical (unpaired) electrons. The van der Waals surface area contributed by atoms with Crippen LogP contribution >= 0.6 is 0 Å². The van der Waals surface area contributed by atoms with Gasteiger partial charge in [-0.15, -0.1) is 0 Å². The fourth-order valence-corrected chi connectivity index (χ4v) is 2.07. The van der Waals surface area contributed by atoms with Gasteiger partial charge in [0, 0.05) is 24.0 Å². The molecule has 0 spiro atoms. The monoisotopic (exact) mass is 285 g/mol. The van der Waals surface area contributed by atoms with E-state index in [0.717, 1.165) is 5.56 Å². The van der Waals surface area contributed by atoms with Crippen LogP contribution in [0.15, 0.2) is 30.9 Å². The molecule has 0 saturated heterocycles. The Morgan fingerprint density at radius 2 is 2.10 bits per heavy atom. The zero-order chi connectivity index (χ0) is 14.7. The highest BCUT2D eigenvalue weighted by molar-refractivity contribution is 5.68. The predicted octanol–water partition coefficient (Wildman–Crippen LogP) is 1.27. The topological polar surface area (TPSA) is 68.8 Å². The first-order chi connectivity index (χ1) is 10.3. The van der Waals surface area contributed by atoms with Crippen LogP contribution in [0.4, 0.5) is 0 Å². The Kier molecular flexibility index (Phi) is 3.85. The van der Waals surface area contributed by atoms with Crippen molar-refractivity contribution >= 4 is 5.97 Å². The van der Waals surface area contributed by atoms with E-state index in [-0.39, 0.29) is 5.97 Å². The van der Waals surface area contributed by atoms with Gasteiger partial charge in [-0.2, -0.15) is 0 Å². The number of aryl methyl sites for hydroxylation is 1. The van der Waals surface area contributed by atoms with Crippen molar-refractivity contribution in [3.63, 3.8) is 0 Å². The number of aromatic nitrogens is 4. The first-order valence-electron chi connectivity index (χ1n) is 7.01. The third-order valence-electron chi connectivity index (χ3n) is 3.52. The summed E-state index contributed by atoms with van der Waals surface area (Å²) >= 11 is 0. The van der Waals surface area contributed by atoms with Gasteiger partial charge in [0.05, 0.1) is 7.11 Å². The van der Waals surface area contributed by atoms with Gasteiger partial charge in [-0.1, -0.05) is 4.68 Å². The van der Waals surface area contributed by atoms with Crippen molar-refractivity contribution in [2.45, 2.75) is 31.7 Å². The Balaban J connectivity index is 1.66. The molecule has 6 heteroatoms. The van der Waals surface area contributed by atoms with Crippen molar-refractivity contribution in [1.29, 1.82) is 0 Å². The van der Waals surface area contributed by atoms with Gasteiger partial charge in [0.1, 0.15) is 12.6 Å². The summed E-state index contributed by atoms with van der Waals surface area (Å²) in [4.78, 5) is 19.9. The quantitative estimate of drug-likeness (QED) is 0.611. The Bertz CT molecular complexity index is 621. The first-order valence-corrected chi connectivity index (χ1v) is 7.01. The highest BCUT2D eigenvalue weighted by Gasteiger charge is 2.24. The van der Waals surface area contributed by atoms with Crippen molar-refractivity contribution < 1.29 is 14.2 Å². The number of hydrogen-bond donors (Lipinski definition) is 0. The second kappa shape index (κ2) is 5.95. The van der Waals surface area contributed by atoms with Crippen LogP contribution in [0, 0.1) is 0 Å². The van der Waals surface area contributed by atoms with E-state index < -0.39 is 0 Å². The van der Waals surface area contributed by atoms with Crippen LogP contribution in [0.5, 0.6) is 0 Å². The van der Waals surface area contributed by atoms with Crippen LogP contribution in [-0.2, 0) is 16.1 Å². The van der Waals surface area contributed by atoms with Crippen molar-refractivity contribution in [3.05, 3.63) is 36.4 Å². The summed E-state index contributed by atoms with van der Waals surface area (Å²) in [7, 11) is 1.38. The second-order valence-electron chi connectivity index (χ2n) is 5.12. The third-order valence-corrected chi connectivity index (χ3v) is 3.52. The summed E-state index contributed by atoms with van der Waals surface area (Å²) in [5.41, 5.74) is 2.09. The fraction of sp³-hybridized carbons (Fsp3) is 0.400.